The number of carbonyl (C=O) groups is 1. The molecule has 0 aliphatic carbocycles. The molecule has 1 aliphatic rings. The first-order valence-corrected chi connectivity index (χ1v) is 10.1. The van der Waals surface area contributed by atoms with Crippen LogP contribution in [0.2, 0.25) is 0 Å². The van der Waals surface area contributed by atoms with Crippen molar-refractivity contribution in [3.63, 3.8) is 0 Å². The fourth-order valence-electron chi connectivity index (χ4n) is 3.90. The number of carbonyl (C=O) groups excluding carboxylic acids is 1. The normalized spacial score (nSPS) is 14.9. The highest BCUT2D eigenvalue weighted by molar-refractivity contribution is 5.89. The van der Waals surface area contributed by atoms with E-state index in [1.807, 2.05) is 28.8 Å². The minimum atomic E-state index is 0.181. The summed E-state index contributed by atoms with van der Waals surface area (Å²) in [5.41, 5.74) is 3.10. The number of aryl methyl sites for hydroxylation is 1. The van der Waals surface area contributed by atoms with Gasteiger partial charge in [-0.2, -0.15) is 9.97 Å². The van der Waals surface area contributed by atoms with Gasteiger partial charge in [-0.1, -0.05) is 26.0 Å². The standard InChI is InChI=1S/C21H23N7O2/c1-13(2)18-22-14-6-4-5-7-15(14)28(18)21-24-19-17(23-16(12-29)26(19)3)20(25-21)27-8-10-30-11-9-27/h4-7,12-13H,8-11H2,1-3H3. The van der Waals surface area contributed by atoms with Crippen molar-refractivity contribution in [2.24, 2.45) is 7.05 Å². The molecule has 0 spiro atoms. The second-order valence-corrected chi connectivity index (χ2v) is 7.71. The number of hydrogen-bond donors (Lipinski definition) is 0. The largest absolute Gasteiger partial charge is 0.378 e. The van der Waals surface area contributed by atoms with E-state index >= 15 is 0 Å². The number of rotatable bonds is 4. The summed E-state index contributed by atoms with van der Waals surface area (Å²) >= 11 is 0. The lowest BCUT2D eigenvalue weighted by atomic mass is 10.2. The molecule has 0 N–H and O–H groups in total. The van der Waals surface area contributed by atoms with Gasteiger partial charge in [0.25, 0.3) is 0 Å². The van der Waals surface area contributed by atoms with Crippen molar-refractivity contribution in [1.82, 2.24) is 29.1 Å². The molecule has 0 bridgehead atoms. The highest BCUT2D eigenvalue weighted by atomic mass is 16.5. The topological polar surface area (TPSA) is 91.0 Å². The Hall–Kier alpha value is -3.33. The van der Waals surface area contributed by atoms with Gasteiger partial charge in [-0.3, -0.25) is 9.36 Å². The lowest BCUT2D eigenvalue weighted by molar-refractivity contribution is 0.111. The number of aldehydes is 1. The number of fused-ring (bicyclic) bond motifs is 2. The van der Waals surface area contributed by atoms with Crippen molar-refractivity contribution < 1.29 is 9.53 Å². The van der Waals surface area contributed by atoms with E-state index in [9.17, 15) is 4.79 Å². The summed E-state index contributed by atoms with van der Waals surface area (Å²) in [5, 5.41) is 0. The number of hydrogen-bond acceptors (Lipinski definition) is 7. The maximum Gasteiger partial charge on any atom is 0.239 e. The van der Waals surface area contributed by atoms with Gasteiger partial charge in [-0.25, -0.2) is 9.97 Å². The summed E-state index contributed by atoms with van der Waals surface area (Å²) < 4.78 is 9.24. The molecule has 1 aromatic carbocycles. The SMILES string of the molecule is CC(C)c1nc2ccccc2n1-c1nc(N2CCOCC2)c2nc(C=O)n(C)c2n1. The highest BCUT2D eigenvalue weighted by Gasteiger charge is 2.24. The Morgan fingerprint density at radius 3 is 2.57 bits per heavy atom. The molecule has 1 fully saturated rings. The van der Waals surface area contributed by atoms with Crippen molar-refractivity contribution in [2.75, 3.05) is 31.2 Å². The minimum Gasteiger partial charge on any atom is -0.378 e. The molecule has 5 rings (SSSR count). The summed E-state index contributed by atoms with van der Waals surface area (Å²) in [4.78, 5) is 32.8. The van der Waals surface area contributed by atoms with Crippen LogP contribution >= 0.6 is 0 Å². The first-order chi connectivity index (χ1) is 14.6. The fourth-order valence-corrected chi connectivity index (χ4v) is 3.90. The number of nitrogens with zero attached hydrogens (tertiary/aromatic N) is 7. The first kappa shape index (κ1) is 18.7. The van der Waals surface area contributed by atoms with Gasteiger partial charge >= 0.3 is 0 Å². The number of ether oxygens (including phenoxy) is 1. The van der Waals surface area contributed by atoms with Crippen LogP contribution < -0.4 is 4.90 Å². The second kappa shape index (κ2) is 7.17. The number of para-hydroxylation sites is 2. The monoisotopic (exact) mass is 405 g/mol. The predicted molar refractivity (Wildman–Crippen MR) is 113 cm³/mol. The maximum absolute atomic E-state index is 11.5. The van der Waals surface area contributed by atoms with Gasteiger partial charge in [-0.15, -0.1) is 0 Å². The molecule has 1 saturated heterocycles. The van der Waals surface area contributed by atoms with Gasteiger partial charge in [0.2, 0.25) is 5.95 Å². The molecule has 0 saturated carbocycles. The van der Waals surface area contributed by atoms with E-state index in [4.69, 9.17) is 19.7 Å². The van der Waals surface area contributed by atoms with Crippen LogP contribution in [0.5, 0.6) is 0 Å². The van der Waals surface area contributed by atoms with Gasteiger partial charge in [0.05, 0.1) is 24.2 Å². The second-order valence-electron chi connectivity index (χ2n) is 7.71. The third kappa shape index (κ3) is 2.85. The summed E-state index contributed by atoms with van der Waals surface area (Å²) in [7, 11) is 1.80. The molecule has 4 aromatic rings. The summed E-state index contributed by atoms with van der Waals surface area (Å²) in [6, 6.07) is 7.98. The number of benzene rings is 1. The quantitative estimate of drug-likeness (QED) is 0.482. The molecule has 0 amide bonds. The minimum absolute atomic E-state index is 0.181. The van der Waals surface area contributed by atoms with Crippen LogP contribution in [-0.4, -0.2) is 61.7 Å². The van der Waals surface area contributed by atoms with Gasteiger partial charge < -0.3 is 14.2 Å². The molecule has 3 aromatic heterocycles. The lowest BCUT2D eigenvalue weighted by Gasteiger charge is -2.28. The molecule has 1 aliphatic heterocycles. The average Bonchev–Trinajstić information content (AvgIpc) is 3.32. The smallest absolute Gasteiger partial charge is 0.239 e. The Morgan fingerprint density at radius 2 is 1.83 bits per heavy atom. The van der Waals surface area contributed by atoms with E-state index in [2.05, 4.69) is 23.7 Å². The molecular formula is C21H23N7O2. The molecule has 154 valence electrons. The number of anilines is 1. The molecule has 9 heteroatoms. The Bertz CT molecular complexity index is 1250. The van der Waals surface area contributed by atoms with Crippen molar-refractivity contribution in [2.45, 2.75) is 19.8 Å². The van der Waals surface area contributed by atoms with Crippen LogP contribution in [0.4, 0.5) is 5.82 Å². The Balaban J connectivity index is 1.82. The number of morpholine rings is 1. The Morgan fingerprint density at radius 1 is 1.07 bits per heavy atom. The molecule has 0 unspecified atom stereocenters. The average molecular weight is 405 g/mol. The zero-order valence-electron chi connectivity index (χ0n) is 17.2. The Labute approximate surface area is 173 Å². The fraction of sp³-hybridized carbons (Fsp3) is 0.381. The van der Waals surface area contributed by atoms with Crippen molar-refractivity contribution in [3.8, 4) is 5.95 Å². The molecule has 9 nitrogen and oxygen atoms in total. The zero-order valence-corrected chi connectivity index (χ0v) is 17.2. The van der Waals surface area contributed by atoms with E-state index in [-0.39, 0.29) is 5.92 Å². The van der Waals surface area contributed by atoms with Crippen molar-refractivity contribution in [3.05, 3.63) is 35.9 Å². The van der Waals surface area contributed by atoms with Crippen molar-refractivity contribution >= 4 is 34.3 Å². The van der Waals surface area contributed by atoms with Crippen LogP contribution in [0.25, 0.3) is 28.1 Å². The van der Waals surface area contributed by atoms with Crippen molar-refractivity contribution in [1.29, 1.82) is 0 Å². The van der Waals surface area contributed by atoms with E-state index in [0.717, 1.165) is 29.0 Å². The molecular weight excluding hydrogens is 382 g/mol. The van der Waals surface area contributed by atoms with Crippen LogP contribution in [0.15, 0.2) is 24.3 Å². The van der Waals surface area contributed by atoms with Gasteiger partial charge in [0.15, 0.2) is 29.1 Å². The Kier molecular flexibility index (Phi) is 4.47. The van der Waals surface area contributed by atoms with Gasteiger partial charge in [0.1, 0.15) is 5.82 Å². The third-order valence-corrected chi connectivity index (χ3v) is 5.44. The first-order valence-electron chi connectivity index (χ1n) is 10.1. The van der Waals surface area contributed by atoms with E-state index in [1.54, 1.807) is 11.6 Å². The third-order valence-electron chi connectivity index (χ3n) is 5.44. The zero-order chi connectivity index (χ0) is 20.8. The highest BCUT2D eigenvalue weighted by Crippen LogP contribution is 2.29. The van der Waals surface area contributed by atoms with Gasteiger partial charge in [-0.05, 0) is 12.1 Å². The number of aromatic nitrogens is 6. The maximum atomic E-state index is 11.5. The van der Waals surface area contributed by atoms with Gasteiger partial charge in [0, 0.05) is 26.1 Å². The van der Waals surface area contributed by atoms with E-state index in [0.29, 0.717) is 49.2 Å². The molecule has 30 heavy (non-hydrogen) atoms. The van der Waals surface area contributed by atoms with E-state index < -0.39 is 0 Å². The molecule has 0 radical (unpaired) electrons. The summed E-state index contributed by atoms with van der Waals surface area (Å²) in [6.07, 6.45) is 0.747. The number of imidazole rings is 2. The predicted octanol–water partition coefficient (Wildman–Crippen LogP) is 2.47. The molecule has 0 atom stereocenters. The summed E-state index contributed by atoms with van der Waals surface area (Å²) in [5.74, 6) is 2.64. The molecule has 4 heterocycles. The lowest BCUT2D eigenvalue weighted by Crippen LogP contribution is -2.37. The van der Waals surface area contributed by atoms with Crippen LogP contribution in [0.1, 0.15) is 36.2 Å². The summed E-state index contributed by atoms with van der Waals surface area (Å²) in [6.45, 7) is 6.88. The van der Waals surface area contributed by atoms with E-state index in [1.165, 1.54) is 0 Å². The van der Waals surface area contributed by atoms with Crippen LogP contribution in [-0.2, 0) is 11.8 Å². The van der Waals surface area contributed by atoms with Crippen LogP contribution in [0, 0.1) is 0 Å². The van der Waals surface area contributed by atoms with Crippen LogP contribution in [0.3, 0.4) is 0 Å².